The highest BCUT2D eigenvalue weighted by molar-refractivity contribution is 6.09. The number of aryl methyl sites for hydroxylation is 1. The lowest BCUT2D eigenvalue weighted by Crippen LogP contribution is -2.17. The first kappa shape index (κ1) is 19.5. The number of nitrogens with one attached hydrogen (secondary N) is 2. The Morgan fingerprint density at radius 3 is 2.62 bits per heavy atom. The first-order chi connectivity index (χ1) is 15.5. The number of carbonyl (C=O) groups is 2. The van der Waals surface area contributed by atoms with Gasteiger partial charge in [0.05, 0.1) is 16.9 Å². The summed E-state index contributed by atoms with van der Waals surface area (Å²) in [6.07, 6.45) is 0. The number of ether oxygens (including phenoxy) is 1. The number of rotatable bonds is 3. The third kappa shape index (κ3) is 3.58. The van der Waals surface area contributed by atoms with Crippen LogP contribution in [0.4, 0.5) is 15.8 Å². The van der Waals surface area contributed by atoms with Gasteiger partial charge in [0.2, 0.25) is 0 Å². The fraction of sp³-hybridized carbons (Fsp3) is 0.0417. The Morgan fingerprint density at radius 2 is 1.81 bits per heavy atom. The molecule has 1 aliphatic heterocycles. The van der Waals surface area contributed by atoms with Crippen LogP contribution in [0.3, 0.4) is 0 Å². The molecule has 32 heavy (non-hydrogen) atoms. The molecule has 0 spiro atoms. The van der Waals surface area contributed by atoms with E-state index >= 15 is 0 Å². The van der Waals surface area contributed by atoms with Crippen molar-refractivity contribution in [2.75, 3.05) is 10.6 Å². The van der Waals surface area contributed by atoms with Gasteiger partial charge in [-0.05, 0) is 60.7 Å². The van der Waals surface area contributed by atoms with Crippen molar-refractivity contribution in [2.24, 2.45) is 7.05 Å². The fourth-order valence-electron chi connectivity index (χ4n) is 3.48. The number of amides is 2. The van der Waals surface area contributed by atoms with Crippen LogP contribution in [-0.4, -0.2) is 21.6 Å². The van der Waals surface area contributed by atoms with Crippen LogP contribution in [0.1, 0.15) is 20.8 Å². The summed E-state index contributed by atoms with van der Waals surface area (Å²) in [5.41, 5.74) is 2.86. The van der Waals surface area contributed by atoms with Gasteiger partial charge in [0.1, 0.15) is 17.3 Å². The molecule has 2 amide bonds. The van der Waals surface area contributed by atoms with E-state index in [1.807, 2.05) is 6.07 Å². The van der Waals surface area contributed by atoms with Crippen LogP contribution in [0.5, 0.6) is 11.5 Å². The standard InChI is InChI=1S/C24H17FN4O3/c1-29-20(13-19(28-29)14-6-8-15(25)9-7-14)24(31)26-16-10-11-21-17(12-16)23(30)27-18-4-2-3-5-22(18)32-21/h2-13H,1H3,(H,26,31)(H,27,30). The van der Waals surface area contributed by atoms with E-state index in [4.69, 9.17) is 4.74 Å². The molecular formula is C24H17FN4O3. The van der Waals surface area contributed by atoms with E-state index in [9.17, 15) is 14.0 Å². The Morgan fingerprint density at radius 1 is 1.03 bits per heavy atom. The lowest BCUT2D eigenvalue weighted by molar-refractivity contribution is 0.101. The largest absolute Gasteiger partial charge is 0.454 e. The summed E-state index contributed by atoms with van der Waals surface area (Å²) in [6, 6.07) is 19.5. The van der Waals surface area contributed by atoms with E-state index in [2.05, 4.69) is 15.7 Å². The molecule has 0 unspecified atom stereocenters. The molecule has 0 radical (unpaired) electrons. The maximum Gasteiger partial charge on any atom is 0.273 e. The summed E-state index contributed by atoms with van der Waals surface area (Å²) in [5.74, 6) is -0.141. The molecule has 7 nitrogen and oxygen atoms in total. The van der Waals surface area contributed by atoms with Crippen molar-refractivity contribution in [3.8, 4) is 22.8 Å². The second-order valence-electron chi connectivity index (χ2n) is 7.26. The summed E-state index contributed by atoms with van der Waals surface area (Å²) < 4.78 is 20.5. The van der Waals surface area contributed by atoms with Gasteiger partial charge in [0, 0.05) is 18.3 Å². The minimum absolute atomic E-state index is 0.302. The average Bonchev–Trinajstić information content (AvgIpc) is 3.11. The molecule has 1 aromatic heterocycles. The van der Waals surface area contributed by atoms with Crippen LogP contribution in [0, 0.1) is 5.82 Å². The predicted molar refractivity (Wildman–Crippen MR) is 117 cm³/mol. The van der Waals surface area contributed by atoms with Crippen LogP contribution in [0.15, 0.2) is 72.8 Å². The minimum Gasteiger partial charge on any atom is -0.454 e. The Kier molecular flexibility index (Phi) is 4.67. The van der Waals surface area contributed by atoms with Gasteiger partial charge in [0.15, 0.2) is 5.75 Å². The lowest BCUT2D eigenvalue weighted by Gasteiger charge is -2.10. The van der Waals surface area contributed by atoms with Crippen LogP contribution in [0.25, 0.3) is 11.3 Å². The summed E-state index contributed by atoms with van der Waals surface area (Å²) in [7, 11) is 1.65. The molecule has 2 heterocycles. The quantitative estimate of drug-likeness (QED) is 0.489. The van der Waals surface area contributed by atoms with Crippen LogP contribution < -0.4 is 15.4 Å². The number of aromatic nitrogens is 2. The fourth-order valence-corrected chi connectivity index (χ4v) is 3.48. The lowest BCUT2D eigenvalue weighted by atomic mass is 10.1. The zero-order valence-electron chi connectivity index (χ0n) is 16.9. The zero-order valence-corrected chi connectivity index (χ0v) is 16.9. The van der Waals surface area contributed by atoms with Gasteiger partial charge in [-0.15, -0.1) is 0 Å². The monoisotopic (exact) mass is 428 g/mol. The topological polar surface area (TPSA) is 85.2 Å². The van der Waals surface area contributed by atoms with Crippen LogP contribution in [-0.2, 0) is 7.05 Å². The highest BCUT2D eigenvalue weighted by atomic mass is 19.1. The van der Waals surface area contributed by atoms with E-state index in [1.165, 1.54) is 16.8 Å². The minimum atomic E-state index is -0.397. The molecule has 3 aromatic carbocycles. The van der Waals surface area contributed by atoms with Gasteiger partial charge in [-0.2, -0.15) is 5.10 Å². The predicted octanol–water partition coefficient (Wildman–Crippen LogP) is 4.84. The maximum absolute atomic E-state index is 13.2. The van der Waals surface area contributed by atoms with Crippen molar-refractivity contribution >= 4 is 23.2 Å². The van der Waals surface area contributed by atoms with E-state index < -0.39 is 5.91 Å². The maximum atomic E-state index is 13.2. The highest BCUT2D eigenvalue weighted by Gasteiger charge is 2.22. The number of halogens is 1. The first-order valence-corrected chi connectivity index (χ1v) is 9.81. The van der Waals surface area contributed by atoms with Gasteiger partial charge in [0.25, 0.3) is 11.8 Å². The first-order valence-electron chi connectivity index (χ1n) is 9.81. The van der Waals surface area contributed by atoms with Gasteiger partial charge in [-0.25, -0.2) is 4.39 Å². The van der Waals surface area contributed by atoms with Gasteiger partial charge < -0.3 is 15.4 Å². The molecule has 158 valence electrons. The molecule has 0 saturated heterocycles. The molecule has 1 aliphatic rings. The number of benzene rings is 3. The Balaban J connectivity index is 1.40. The molecule has 0 aliphatic carbocycles. The van der Waals surface area contributed by atoms with Gasteiger partial charge in [-0.1, -0.05) is 12.1 Å². The van der Waals surface area contributed by atoms with E-state index in [1.54, 1.807) is 61.6 Å². The summed E-state index contributed by atoms with van der Waals surface area (Å²) in [5, 5.41) is 9.94. The summed E-state index contributed by atoms with van der Waals surface area (Å²) in [4.78, 5) is 25.5. The van der Waals surface area contributed by atoms with Crippen LogP contribution in [0.2, 0.25) is 0 Å². The molecule has 0 atom stereocenters. The summed E-state index contributed by atoms with van der Waals surface area (Å²) in [6.45, 7) is 0. The number of para-hydroxylation sites is 2. The van der Waals surface area contributed by atoms with Crippen molar-refractivity contribution in [3.05, 3.63) is 89.9 Å². The second kappa shape index (κ2) is 7.66. The van der Waals surface area contributed by atoms with Crippen molar-refractivity contribution in [1.29, 1.82) is 0 Å². The van der Waals surface area contributed by atoms with Crippen molar-refractivity contribution in [3.63, 3.8) is 0 Å². The molecule has 0 fully saturated rings. The molecule has 2 N–H and O–H groups in total. The summed E-state index contributed by atoms with van der Waals surface area (Å²) >= 11 is 0. The van der Waals surface area contributed by atoms with Crippen LogP contribution >= 0.6 is 0 Å². The molecular weight excluding hydrogens is 411 g/mol. The number of hydrogen-bond donors (Lipinski definition) is 2. The third-order valence-corrected chi connectivity index (χ3v) is 5.09. The molecule has 4 aromatic rings. The van der Waals surface area contributed by atoms with Crippen molar-refractivity contribution in [2.45, 2.75) is 0 Å². The molecule has 0 saturated carbocycles. The third-order valence-electron chi connectivity index (χ3n) is 5.09. The number of hydrogen-bond acceptors (Lipinski definition) is 4. The van der Waals surface area contributed by atoms with E-state index in [0.717, 1.165) is 0 Å². The number of carbonyl (C=O) groups excluding carboxylic acids is 2. The molecule has 8 heteroatoms. The SMILES string of the molecule is Cn1nc(-c2ccc(F)cc2)cc1C(=O)Nc1ccc2c(c1)C(=O)Nc1ccccc1O2. The van der Waals surface area contributed by atoms with Crippen molar-refractivity contribution < 1.29 is 18.7 Å². The highest BCUT2D eigenvalue weighted by Crippen LogP contribution is 2.36. The smallest absolute Gasteiger partial charge is 0.273 e. The van der Waals surface area contributed by atoms with E-state index in [0.29, 0.717) is 45.4 Å². The molecule has 0 bridgehead atoms. The van der Waals surface area contributed by atoms with Crippen molar-refractivity contribution in [1.82, 2.24) is 9.78 Å². The molecule has 5 rings (SSSR count). The number of nitrogens with zero attached hydrogens (tertiary/aromatic N) is 2. The Bertz CT molecular complexity index is 1360. The second-order valence-corrected chi connectivity index (χ2v) is 7.26. The van der Waals surface area contributed by atoms with Gasteiger partial charge >= 0.3 is 0 Å². The Labute approximate surface area is 182 Å². The Hall–Kier alpha value is -4.46. The van der Waals surface area contributed by atoms with Gasteiger partial charge in [-0.3, -0.25) is 14.3 Å². The normalized spacial score (nSPS) is 12.1. The number of fused-ring (bicyclic) bond motifs is 2. The number of anilines is 2. The van der Waals surface area contributed by atoms with E-state index in [-0.39, 0.29) is 11.7 Å². The zero-order chi connectivity index (χ0) is 22.2. The average molecular weight is 428 g/mol.